The highest BCUT2D eigenvalue weighted by Gasteiger charge is 2.15. The van der Waals surface area contributed by atoms with Gasteiger partial charge in [0.2, 0.25) is 0 Å². The van der Waals surface area contributed by atoms with E-state index in [1.54, 1.807) is 23.1 Å². The molecule has 0 aliphatic carbocycles. The summed E-state index contributed by atoms with van der Waals surface area (Å²) in [6.45, 7) is 0. The zero-order chi connectivity index (χ0) is 13.6. The second-order valence-corrected chi connectivity index (χ2v) is 4.18. The standard InChI is InChI=1S/C12H10N6O/c1-17-5-8(4-15-17)7-2-10(19)11-9(3-13)12(14)16-18(11)6-7/h2,4-6,19H,1H3,(H2,14,16). The lowest BCUT2D eigenvalue weighted by molar-refractivity contribution is 0.478. The summed E-state index contributed by atoms with van der Waals surface area (Å²) in [5, 5.41) is 27.2. The van der Waals surface area contributed by atoms with E-state index in [0.717, 1.165) is 11.1 Å². The number of aromatic nitrogens is 4. The zero-order valence-electron chi connectivity index (χ0n) is 10.1. The van der Waals surface area contributed by atoms with Crippen LogP contribution in [0, 0.1) is 11.3 Å². The van der Waals surface area contributed by atoms with Crippen molar-refractivity contribution in [3.8, 4) is 22.9 Å². The molecule has 7 heteroatoms. The van der Waals surface area contributed by atoms with E-state index in [2.05, 4.69) is 10.2 Å². The summed E-state index contributed by atoms with van der Waals surface area (Å²) in [5.74, 6) is 0.0586. The topological polar surface area (TPSA) is 105 Å². The molecule has 0 unspecified atom stereocenters. The number of hydrogen-bond donors (Lipinski definition) is 2. The molecule has 3 aromatic rings. The number of pyridine rings is 1. The fourth-order valence-electron chi connectivity index (χ4n) is 2.01. The average molecular weight is 254 g/mol. The van der Waals surface area contributed by atoms with Crippen LogP contribution in [0.15, 0.2) is 24.7 Å². The van der Waals surface area contributed by atoms with Crippen LogP contribution in [-0.2, 0) is 7.05 Å². The van der Waals surface area contributed by atoms with Crippen molar-refractivity contribution in [3.05, 3.63) is 30.2 Å². The number of nitriles is 1. The number of anilines is 1. The SMILES string of the molecule is Cn1cc(-c2cc(O)c3c(C#N)c(N)nn3c2)cn1. The quantitative estimate of drug-likeness (QED) is 0.671. The van der Waals surface area contributed by atoms with Crippen molar-refractivity contribution in [2.75, 3.05) is 5.73 Å². The molecule has 0 spiro atoms. The minimum Gasteiger partial charge on any atom is -0.506 e. The Hall–Kier alpha value is -3.01. The van der Waals surface area contributed by atoms with Gasteiger partial charge in [0.05, 0.1) is 6.20 Å². The highest BCUT2D eigenvalue weighted by Crippen LogP contribution is 2.30. The van der Waals surface area contributed by atoms with E-state index in [1.807, 2.05) is 19.3 Å². The highest BCUT2D eigenvalue weighted by atomic mass is 16.3. The van der Waals surface area contributed by atoms with Crippen LogP contribution in [0.25, 0.3) is 16.6 Å². The van der Waals surface area contributed by atoms with Crippen molar-refractivity contribution in [1.29, 1.82) is 5.26 Å². The summed E-state index contributed by atoms with van der Waals surface area (Å²) in [7, 11) is 1.81. The first-order chi connectivity index (χ1) is 9.10. The number of nitrogens with two attached hydrogens (primary N) is 1. The normalized spacial score (nSPS) is 10.7. The van der Waals surface area contributed by atoms with Crippen molar-refractivity contribution >= 4 is 11.3 Å². The molecule has 3 N–H and O–H groups in total. The third-order valence-corrected chi connectivity index (χ3v) is 2.88. The molecular weight excluding hydrogens is 244 g/mol. The number of rotatable bonds is 1. The molecular formula is C12H10N6O. The van der Waals surface area contributed by atoms with E-state index in [1.165, 1.54) is 4.52 Å². The summed E-state index contributed by atoms with van der Waals surface area (Å²) in [5.41, 5.74) is 7.71. The van der Waals surface area contributed by atoms with E-state index in [-0.39, 0.29) is 17.1 Å². The lowest BCUT2D eigenvalue weighted by Gasteiger charge is -2.02. The Balaban J connectivity index is 2.29. The van der Waals surface area contributed by atoms with Gasteiger partial charge < -0.3 is 10.8 Å². The Kier molecular flexibility index (Phi) is 2.19. The summed E-state index contributed by atoms with van der Waals surface area (Å²) < 4.78 is 3.07. The smallest absolute Gasteiger partial charge is 0.164 e. The molecule has 7 nitrogen and oxygen atoms in total. The van der Waals surface area contributed by atoms with Crippen LogP contribution in [0.2, 0.25) is 0 Å². The Morgan fingerprint density at radius 3 is 2.79 bits per heavy atom. The van der Waals surface area contributed by atoms with Gasteiger partial charge in [0.1, 0.15) is 22.9 Å². The monoisotopic (exact) mass is 254 g/mol. The van der Waals surface area contributed by atoms with E-state index in [0.29, 0.717) is 5.52 Å². The van der Waals surface area contributed by atoms with Crippen LogP contribution in [0.5, 0.6) is 5.75 Å². The minimum absolute atomic E-state index is 0.0397. The summed E-state index contributed by atoms with van der Waals surface area (Å²) in [4.78, 5) is 0. The van der Waals surface area contributed by atoms with Gasteiger partial charge in [-0.05, 0) is 6.07 Å². The van der Waals surface area contributed by atoms with Crippen LogP contribution in [0.1, 0.15) is 5.56 Å². The first-order valence-electron chi connectivity index (χ1n) is 5.50. The second kappa shape index (κ2) is 3.74. The molecule has 0 radical (unpaired) electrons. The summed E-state index contributed by atoms with van der Waals surface area (Å²) in [6.07, 6.45) is 5.20. The third kappa shape index (κ3) is 1.58. The minimum atomic E-state index is -0.0397. The van der Waals surface area contributed by atoms with Gasteiger partial charge in [-0.1, -0.05) is 0 Å². The van der Waals surface area contributed by atoms with E-state index < -0.39 is 0 Å². The lowest BCUT2D eigenvalue weighted by Crippen LogP contribution is -1.90. The molecule has 0 bridgehead atoms. The van der Waals surface area contributed by atoms with Crippen molar-refractivity contribution in [2.24, 2.45) is 7.05 Å². The van der Waals surface area contributed by atoms with Gasteiger partial charge in [-0.25, -0.2) is 4.52 Å². The molecule has 0 atom stereocenters. The molecule has 3 heterocycles. The number of aromatic hydroxyl groups is 1. The largest absolute Gasteiger partial charge is 0.506 e. The molecule has 0 aromatic carbocycles. The molecule has 0 fully saturated rings. The molecule has 19 heavy (non-hydrogen) atoms. The molecule has 0 aliphatic rings. The molecule has 94 valence electrons. The van der Waals surface area contributed by atoms with Gasteiger partial charge in [-0.2, -0.15) is 10.4 Å². The molecule has 3 aromatic heterocycles. The van der Waals surface area contributed by atoms with Gasteiger partial charge in [-0.15, -0.1) is 5.10 Å². The van der Waals surface area contributed by atoms with Crippen molar-refractivity contribution in [2.45, 2.75) is 0 Å². The third-order valence-electron chi connectivity index (χ3n) is 2.88. The highest BCUT2D eigenvalue weighted by molar-refractivity contribution is 5.79. The number of nitrogen functional groups attached to an aromatic ring is 1. The van der Waals surface area contributed by atoms with E-state index in [9.17, 15) is 5.11 Å². The van der Waals surface area contributed by atoms with E-state index in [4.69, 9.17) is 11.0 Å². The maximum Gasteiger partial charge on any atom is 0.164 e. The molecule has 3 rings (SSSR count). The van der Waals surface area contributed by atoms with Gasteiger partial charge >= 0.3 is 0 Å². The molecule has 0 amide bonds. The number of fused-ring (bicyclic) bond motifs is 1. The van der Waals surface area contributed by atoms with Crippen LogP contribution in [-0.4, -0.2) is 24.5 Å². The maximum absolute atomic E-state index is 10.1. The average Bonchev–Trinajstić information content (AvgIpc) is 2.92. The molecule has 0 aliphatic heterocycles. The Morgan fingerprint density at radius 1 is 1.37 bits per heavy atom. The fourth-order valence-corrected chi connectivity index (χ4v) is 2.01. The number of aryl methyl sites for hydroxylation is 1. The van der Waals surface area contributed by atoms with Gasteiger partial charge in [0.15, 0.2) is 5.82 Å². The Bertz CT molecular complexity index is 823. The lowest BCUT2D eigenvalue weighted by atomic mass is 10.1. The van der Waals surface area contributed by atoms with Crippen molar-refractivity contribution in [1.82, 2.24) is 19.4 Å². The van der Waals surface area contributed by atoms with Gasteiger partial charge in [0.25, 0.3) is 0 Å². The van der Waals surface area contributed by atoms with Crippen LogP contribution >= 0.6 is 0 Å². The second-order valence-electron chi connectivity index (χ2n) is 4.18. The van der Waals surface area contributed by atoms with Gasteiger partial charge in [-0.3, -0.25) is 4.68 Å². The predicted molar refractivity (Wildman–Crippen MR) is 68.2 cm³/mol. The number of hydrogen-bond acceptors (Lipinski definition) is 5. The van der Waals surface area contributed by atoms with Crippen molar-refractivity contribution < 1.29 is 5.11 Å². The van der Waals surface area contributed by atoms with Crippen LogP contribution in [0.3, 0.4) is 0 Å². The van der Waals surface area contributed by atoms with Crippen LogP contribution in [0.4, 0.5) is 5.82 Å². The Labute approximate surface area is 108 Å². The number of nitrogens with zero attached hydrogens (tertiary/aromatic N) is 5. The Morgan fingerprint density at radius 2 is 2.16 bits per heavy atom. The van der Waals surface area contributed by atoms with Crippen LogP contribution < -0.4 is 5.73 Å². The fraction of sp³-hybridized carbons (Fsp3) is 0.0833. The maximum atomic E-state index is 10.1. The van der Waals surface area contributed by atoms with Crippen molar-refractivity contribution in [3.63, 3.8) is 0 Å². The summed E-state index contributed by atoms with van der Waals surface area (Å²) >= 11 is 0. The first kappa shape index (κ1) is 11.1. The zero-order valence-corrected chi connectivity index (χ0v) is 10.1. The molecule has 0 saturated heterocycles. The first-order valence-corrected chi connectivity index (χ1v) is 5.50. The van der Waals surface area contributed by atoms with Gasteiger partial charge in [0, 0.05) is 30.6 Å². The summed E-state index contributed by atoms with van der Waals surface area (Å²) in [6, 6.07) is 3.50. The predicted octanol–water partition coefficient (Wildman–Crippen LogP) is 0.894. The molecule has 0 saturated carbocycles. The van der Waals surface area contributed by atoms with E-state index >= 15 is 0 Å².